The second-order valence-corrected chi connectivity index (χ2v) is 10.7. The van der Waals surface area contributed by atoms with Gasteiger partial charge in [-0.05, 0) is 30.5 Å². The van der Waals surface area contributed by atoms with Crippen LogP contribution in [-0.2, 0) is 19.1 Å². The van der Waals surface area contributed by atoms with Gasteiger partial charge in [-0.2, -0.15) is 0 Å². The predicted octanol–water partition coefficient (Wildman–Crippen LogP) is 3.13. The molecule has 0 aliphatic carbocycles. The number of fused-ring (bicyclic) bond motifs is 2. The number of nitrogens with zero attached hydrogens (tertiary/aromatic N) is 3. The van der Waals surface area contributed by atoms with E-state index in [2.05, 4.69) is 31.1 Å². The summed E-state index contributed by atoms with van der Waals surface area (Å²) in [5.74, 6) is -1.69. The first-order valence-electron chi connectivity index (χ1n) is 11.4. The van der Waals surface area contributed by atoms with Gasteiger partial charge in [0.15, 0.2) is 10.8 Å². The number of esters is 1. The molecule has 2 bridgehead atoms. The lowest BCUT2D eigenvalue weighted by Crippen LogP contribution is -2.59. The normalized spacial score (nSPS) is 26.2. The Bertz CT molecular complexity index is 1220. The van der Waals surface area contributed by atoms with Crippen LogP contribution in [0.4, 0.5) is 4.39 Å². The molecule has 190 valence electrons. The van der Waals surface area contributed by atoms with Crippen molar-refractivity contribution in [1.82, 2.24) is 15.2 Å². The summed E-state index contributed by atoms with van der Waals surface area (Å²) in [6, 6.07) is 3.28. The third kappa shape index (κ3) is 4.82. The molecule has 0 spiro atoms. The van der Waals surface area contributed by atoms with Crippen LogP contribution in [-0.4, -0.2) is 71.7 Å². The van der Waals surface area contributed by atoms with Crippen LogP contribution in [0.3, 0.4) is 0 Å². The third-order valence-electron chi connectivity index (χ3n) is 6.78. The summed E-state index contributed by atoms with van der Waals surface area (Å²) < 4.78 is 25.3. The third-order valence-corrected chi connectivity index (χ3v) is 8.25. The van der Waals surface area contributed by atoms with Crippen LogP contribution in [0.15, 0.2) is 50.5 Å². The first-order valence-corrected chi connectivity index (χ1v) is 13.1. The van der Waals surface area contributed by atoms with E-state index in [1.807, 2.05) is 5.38 Å². The zero-order valence-electron chi connectivity index (χ0n) is 19.3. The number of amidine groups is 1. The lowest BCUT2D eigenvalue weighted by Gasteiger charge is -2.48. The summed E-state index contributed by atoms with van der Waals surface area (Å²) in [6.07, 6.45) is 2.60. The van der Waals surface area contributed by atoms with Crippen molar-refractivity contribution in [2.24, 2.45) is 10.9 Å². The number of hydrogen-bond acceptors (Lipinski definition) is 9. The number of carbonyl (C=O) groups is 2. The molecule has 2 unspecified atom stereocenters. The zero-order chi connectivity index (χ0) is 25.4. The van der Waals surface area contributed by atoms with Gasteiger partial charge in [0.25, 0.3) is 0 Å². The number of aliphatic imine (C=N–C) groups is 1. The van der Waals surface area contributed by atoms with E-state index in [0.717, 1.165) is 0 Å². The fraction of sp³-hybridized carbons (Fsp3) is 0.417. The highest BCUT2D eigenvalue weighted by Crippen LogP contribution is 2.38. The fourth-order valence-corrected chi connectivity index (χ4v) is 6.26. The Morgan fingerprint density at radius 3 is 2.69 bits per heavy atom. The van der Waals surface area contributed by atoms with Crippen LogP contribution in [0.25, 0.3) is 0 Å². The van der Waals surface area contributed by atoms with E-state index < -0.39 is 29.7 Å². The molecule has 2 fully saturated rings. The number of morpholine rings is 1. The lowest BCUT2D eigenvalue weighted by atomic mass is 9.84. The van der Waals surface area contributed by atoms with E-state index in [-0.39, 0.29) is 12.1 Å². The minimum absolute atomic E-state index is 0.106. The van der Waals surface area contributed by atoms with Crippen molar-refractivity contribution in [1.29, 1.82) is 0 Å². The van der Waals surface area contributed by atoms with Crippen molar-refractivity contribution < 1.29 is 28.6 Å². The number of carboxylic acid groups (broad SMARTS) is 1. The number of piperidine rings is 1. The number of aromatic nitrogens is 1. The molecule has 1 aromatic carbocycles. The highest BCUT2D eigenvalue weighted by atomic mass is 79.9. The Morgan fingerprint density at radius 2 is 2.08 bits per heavy atom. The monoisotopic (exact) mass is 578 g/mol. The van der Waals surface area contributed by atoms with Gasteiger partial charge in [0, 0.05) is 40.4 Å². The van der Waals surface area contributed by atoms with Gasteiger partial charge >= 0.3 is 11.9 Å². The van der Waals surface area contributed by atoms with E-state index >= 15 is 0 Å². The number of hydrogen-bond donors (Lipinski definition) is 2. The van der Waals surface area contributed by atoms with E-state index in [4.69, 9.17) is 14.5 Å². The predicted molar refractivity (Wildman–Crippen MR) is 133 cm³/mol. The second-order valence-electron chi connectivity index (χ2n) is 8.92. The molecule has 1 aromatic heterocycles. The molecular weight excluding hydrogens is 555 g/mol. The van der Waals surface area contributed by atoms with E-state index in [1.165, 1.54) is 30.6 Å². The molecule has 36 heavy (non-hydrogen) atoms. The summed E-state index contributed by atoms with van der Waals surface area (Å²) in [5, 5.41) is 15.4. The number of methoxy groups -OCH3 is 1. The van der Waals surface area contributed by atoms with Gasteiger partial charge in [-0.3, -0.25) is 14.7 Å². The molecule has 0 saturated carbocycles. The first kappa shape index (κ1) is 25.0. The van der Waals surface area contributed by atoms with Crippen LogP contribution in [0.5, 0.6) is 0 Å². The topological polar surface area (TPSA) is 113 Å². The molecule has 3 aliphatic rings. The summed E-state index contributed by atoms with van der Waals surface area (Å²) in [7, 11) is 1.31. The highest BCUT2D eigenvalue weighted by Gasteiger charge is 2.43. The van der Waals surface area contributed by atoms with Crippen molar-refractivity contribution in [3.8, 4) is 0 Å². The average molecular weight is 579 g/mol. The molecule has 2 aromatic rings. The van der Waals surface area contributed by atoms with Crippen molar-refractivity contribution in [3.05, 3.63) is 61.9 Å². The van der Waals surface area contributed by atoms with Crippen molar-refractivity contribution in [2.75, 3.05) is 26.9 Å². The molecule has 5 rings (SSSR count). The van der Waals surface area contributed by atoms with Gasteiger partial charge in [0.2, 0.25) is 0 Å². The average Bonchev–Trinajstić information content (AvgIpc) is 3.38. The molecule has 3 aliphatic heterocycles. The van der Waals surface area contributed by atoms with Crippen molar-refractivity contribution in [2.45, 2.75) is 31.0 Å². The van der Waals surface area contributed by atoms with Crippen LogP contribution in [0.2, 0.25) is 0 Å². The van der Waals surface area contributed by atoms with Gasteiger partial charge in [-0.25, -0.2) is 14.2 Å². The zero-order valence-corrected chi connectivity index (χ0v) is 21.7. The number of nitrogens with one attached hydrogen (secondary N) is 1. The molecule has 2 N–H and O–H groups in total. The van der Waals surface area contributed by atoms with Gasteiger partial charge in [0.05, 0.1) is 31.8 Å². The Balaban J connectivity index is 1.58. The molecular formula is C24H24BrFN4O5S. The number of halogens is 2. The molecule has 3 atom stereocenters. The van der Waals surface area contributed by atoms with Crippen LogP contribution < -0.4 is 5.32 Å². The summed E-state index contributed by atoms with van der Waals surface area (Å²) in [5.41, 5.74) is 1.51. The molecule has 9 nitrogen and oxygen atoms in total. The summed E-state index contributed by atoms with van der Waals surface area (Å²) in [4.78, 5) is 36.2. The smallest absolute Gasteiger partial charge is 0.338 e. The number of thiazole rings is 1. The Labute approximate surface area is 219 Å². The Morgan fingerprint density at radius 1 is 1.33 bits per heavy atom. The van der Waals surface area contributed by atoms with Crippen LogP contribution in [0.1, 0.15) is 29.5 Å². The number of carbonyl (C=O) groups excluding carboxylic acids is 1. The van der Waals surface area contributed by atoms with Crippen LogP contribution >= 0.6 is 27.3 Å². The highest BCUT2D eigenvalue weighted by molar-refractivity contribution is 9.10. The standard InChI is InChI=1S/C24H24BrFN4O5S/c1-34-24(33)19-18(9-30-14-6-12(23(31)32)7-15(30)11-35-10-14)28-21(22-27-4-5-36-22)29-20(19)16-3-2-13(26)8-17(16)25/h2-5,8,12,14-15,20H,6-7,9-11H2,1H3,(H,28,29)(H,31,32)/t12?,14?,15?,20-/m0/s1. The van der Waals surface area contributed by atoms with Gasteiger partial charge in [-0.15, -0.1) is 11.3 Å². The number of rotatable bonds is 6. The number of aliphatic carboxylic acids is 1. The second kappa shape index (κ2) is 10.4. The minimum atomic E-state index is -0.795. The first-order chi connectivity index (χ1) is 17.4. The van der Waals surface area contributed by atoms with E-state index in [9.17, 15) is 19.1 Å². The van der Waals surface area contributed by atoms with Gasteiger partial charge in [-0.1, -0.05) is 22.0 Å². The molecule has 12 heteroatoms. The lowest BCUT2D eigenvalue weighted by molar-refractivity contribution is -0.150. The number of ether oxygens (including phenoxy) is 2. The molecule has 2 saturated heterocycles. The molecule has 0 radical (unpaired) electrons. The van der Waals surface area contributed by atoms with Gasteiger partial charge < -0.3 is 19.9 Å². The fourth-order valence-electron chi connectivity index (χ4n) is 5.10. The summed E-state index contributed by atoms with van der Waals surface area (Å²) in [6.45, 7) is 1.18. The minimum Gasteiger partial charge on any atom is -0.481 e. The number of carboxylic acids is 1. The van der Waals surface area contributed by atoms with E-state index in [0.29, 0.717) is 64.7 Å². The maximum Gasteiger partial charge on any atom is 0.338 e. The van der Waals surface area contributed by atoms with Crippen molar-refractivity contribution in [3.63, 3.8) is 0 Å². The SMILES string of the molecule is COC(=O)C1=C(CN2C3COCC2CC(C(=O)O)C3)NC(c2nccs2)=N[C@H]1c1ccc(F)cc1Br. The molecule has 0 amide bonds. The van der Waals surface area contributed by atoms with E-state index in [1.54, 1.807) is 12.3 Å². The Kier molecular flexibility index (Phi) is 7.20. The number of benzene rings is 1. The van der Waals surface area contributed by atoms with Gasteiger partial charge in [0.1, 0.15) is 11.9 Å². The largest absolute Gasteiger partial charge is 0.481 e. The maximum atomic E-state index is 13.9. The summed E-state index contributed by atoms with van der Waals surface area (Å²) >= 11 is 4.83. The Hall–Kier alpha value is -2.67. The quantitative estimate of drug-likeness (QED) is 0.503. The van der Waals surface area contributed by atoms with Crippen LogP contribution in [0, 0.1) is 11.7 Å². The van der Waals surface area contributed by atoms with Crippen molar-refractivity contribution >= 4 is 45.0 Å². The maximum absolute atomic E-state index is 13.9. The molecule has 4 heterocycles.